The maximum absolute atomic E-state index is 11.9. The van der Waals surface area contributed by atoms with Crippen LogP contribution in [-0.4, -0.2) is 44.1 Å². The molecule has 0 aliphatic rings. The van der Waals surface area contributed by atoms with Gasteiger partial charge in [-0.05, 0) is 19.3 Å². The number of sulfonamides is 1. The van der Waals surface area contributed by atoms with Crippen molar-refractivity contribution in [2.24, 2.45) is 5.92 Å². The van der Waals surface area contributed by atoms with Gasteiger partial charge in [-0.2, -0.15) is 4.31 Å². The van der Waals surface area contributed by atoms with Crippen molar-refractivity contribution in [2.45, 2.75) is 34.1 Å². The first kappa shape index (κ1) is 16.4. The second-order valence-electron chi connectivity index (χ2n) is 4.31. The monoisotopic (exact) mass is 265 g/mol. The van der Waals surface area contributed by atoms with Crippen molar-refractivity contribution in [1.29, 1.82) is 0 Å². The summed E-state index contributed by atoms with van der Waals surface area (Å²) < 4.78 is 29.9. The van der Waals surface area contributed by atoms with Gasteiger partial charge < -0.3 is 4.74 Å². The molecule has 0 aromatic rings. The average molecular weight is 265 g/mol. The van der Waals surface area contributed by atoms with E-state index in [1.54, 1.807) is 13.8 Å². The van der Waals surface area contributed by atoms with E-state index < -0.39 is 16.0 Å². The van der Waals surface area contributed by atoms with Crippen molar-refractivity contribution < 1.29 is 17.9 Å². The van der Waals surface area contributed by atoms with Crippen molar-refractivity contribution in [1.82, 2.24) is 4.31 Å². The Balaban J connectivity index is 4.70. The molecule has 6 heteroatoms. The first-order valence-corrected chi connectivity index (χ1v) is 7.57. The van der Waals surface area contributed by atoms with Crippen LogP contribution in [0.2, 0.25) is 0 Å². The molecule has 0 saturated heterocycles. The van der Waals surface area contributed by atoms with Gasteiger partial charge in [-0.25, -0.2) is 8.42 Å². The largest absolute Gasteiger partial charge is 0.465 e. The van der Waals surface area contributed by atoms with Crippen LogP contribution in [0.4, 0.5) is 0 Å². The maximum Gasteiger partial charge on any atom is 0.321 e. The minimum atomic E-state index is -3.35. The summed E-state index contributed by atoms with van der Waals surface area (Å²) in [4.78, 5) is 11.4. The lowest BCUT2D eigenvalue weighted by Gasteiger charge is -2.22. The van der Waals surface area contributed by atoms with Gasteiger partial charge in [0.25, 0.3) is 0 Å². The Morgan fingerprint density at radius 3 is 2.29 bits per heavy atom. The number of nitrogens with zero attached hydrogens (tertiary/aromatic N) is 1. The molecule has 0 rings (SSSR count). The number of hydrogen-bond acceptors (Lipinski definition) is 4. The Bertz CT molecular complexity index is 324. The number of ether oxygens (including phenoxy) is 1. The lowest BCUT2D eigenvalue weighted by Crippen LogP contribution is -2.40. The Morgan fingerprint density at radius 1 is 1.29 bits per heavy atom. The third-order valence-corrected chi connectivity index (χ3v) is 4.02. The van der Waals surface area contributed by atoms with Crippen LogP contribution in [0.5, 0.6) is 0 Å². The number of esters is 1. The van der Waals surface area contributed by atoms with Crippen LogP contribution in [0.25, 0.3) is 0 Å². The molecule has 0 unspecified atom stereocenters. The first-order valence-electron chi connectivity index (χ1n) is 5.96. The Kier molecular flexibility index (Phi) is 7.38. The topological polar surface area (TPSA) is 63.7 Å². The number of rotatable bonds is 8. The fourth-order valence-corrected chi connectivity index (χ4v) is 3.02. The Morgan fingerprint density at radius 2 is 1.88 bits per heavy atom. The highest BCUT2D eigenvalue weighted by molar-refractivity contribution is 7.89. The molecule has 0 spiro atoms. The first-order chi connectivity index (χ1) is 7.83. The van der Waals surface area contributed by atoms with E-state index in [9.17, 15) is 13.2 Å². The molecule has 102 valence electrons. The number of carbonyl (C=O) groups excluding carboxylic acids is 1. The summed E-state index contributed by atoms with van der Waals surface area (Å²) in [7, 11) is -3.35. The Hall–Kier alpha value is -0.620. The molecule has 0 aromatic carbocycles. The van der Waals surface area contributed by atoms with Gasteiger partial charge in [-0.3, -0.25) is 4.79 Å². The predicted octanol–water partition coefficient (Wildman–Crippen LogP) is 1.25. The van der Waals surface area contributed by atoms with Crippen molar-refractivity contribution in [3.8, 4) is 0 Å². The van der Waals surface area contributed by atoms with Gasteiger partial charge in [0.15, 0.2) is 0 Å². The van der Waals surface area contributed by atoms with Gasteiger partial charge in [-0.15, -0.1) is 0 Å². The zero-order valence-corrected chi connectivity index (χ0v) is 11.9. The van der Waals surface area contributed by atoms with Gasteiger partial charge in [0.1, 0.15) is 6.54 Å². The fourth-order valence-electron chi connectivity index (χ4n) is 1.42. The highest BCUT2D eigenvalue weighted by Gasteiger charge is 2.24. The van der Waals surface area contributed by atoms with E-state index in [1.807, 2.05) is 13.8 Å². The summed E-state index contributed by atoms with van der Waals surface area (Å²) in [5.41, 5.74) is 0. The molecule has 17 heavy (non-hydrogen) atoms. The maximum atomic E-state index is 11.9. The molecule has 0 aliphatic carbocycles. The average Bonchev–Trinajstić information content (AvgIpc) is 2.16. The molecule has 0 fully saturated rings. The van der Waals surface area contributed by atoms with E-state index in [-0.39, 0.29) is 24.8 Å². The molecule has 0 aliphatic heterocycles. The quantitative estimate of drug-likeness (QED) is 0.620. The third kappa shape index (κ3) is 6.63. The number of carbonyl (C=O) groups is 1. The normalized spacial score (nSPS) is 12.1. The van der Waals surface area contributed by atoms with Crippen molar-refractivity contribution in [3.05, 3.63) is 0 Å². The highest BCUT2D eigenvalue weighted by atomic mass is 32.2. The molecule has 0 bridgehead atoms. The second kappa shape index (κ2) is 7.66. The summed E-state index contributed by atoms with van der Waals surface area (Å²) in [6.45, 7) is 7.76. The lowest BCUT2D eigenvalue weighted by atomic mass is 10.2. The Labute approximate surface area is 104 Å². The van der Waals surface area contributed by atoms with Gasteiger partial charge in [0, 0.05) is 6.54 Å². The molecule has 0 atom stereocenters. The predicted molar refractivity (Wildman–Crippen MR) is 67.1 cm³/mol. The third-order valence-electron chi connectivity index (χ3n) is 2.04. The fraction of sp³-hybridized carbons (Fsp3) is 0.909. The minimum absolute atomic E-state index is 0.0686. The molecule has 0 radical (unpaired) electrons. The smallest absolute Gasteiger partial charge is 0.321 e. The van der Waals surface area contributed by atoms with Crippen LogP contribution in [0, 0.1) is 5.92 Å². The summed E-state index contributed by atoms with van der Waals surface area (Å²) in [6, 6.07) is 0. The molecule has 0 amide bonds. The van der Waals surface area contributed by atoms with Crippen molar-refractivity contribution in [3.63, 3.8) is 0 Å². The van der Waals surface area contributed by atoms with Crippen LogP contribution in [0.15, 0.2) is 0 Å². The highest BCUT2D eigenvalue weighted by Crippen LogP contribution is 2.08. The second-order valence-corrected chi connectivity index (χ2v) is 6.40. The zero-order chi connectivity index (χ0) is 13.5. The van der Waals surface area contributed by atoms with Gasteiger partial charge in [-0.1, -0.05) is 20.8 Å². The SMILES string of the molecule is CCCS(=O)(=O)N(CC(=O)OCC)CC(C)C. The van der Waals surface area contributed by atoms with Gasteiger partial charge in [0.2, 0.25) is 10.0 Å². The van der Waals surface area contributed by atoms with E-state index in [0.29, 0.717) is 13.0 Å². The van der Waals surface area contributed by atoms with E-state index in [2.05, 4.69) is 0 Å². The van der Waals surface area contributed by atoms with Gasteiger partial charge in [0.05, 0.1) is 12.4 Å². The molecule has 0 heterocycles. The minimum Gasteiger partial charge on any atom is -0.465 e. The van der Waals surface area contributed by atoms with E-state index in [0.717, 1.165) is 0 Å². The van der Waals surface area contributed by atoms with Gasteiger partial charge >= 0.3 is 5.97 Å². The number of hydrogen-bond donors (Lipinski definition) is 0. The molecule has 5 nitrogen and oxygen atoms in total. The van der Waals surface area contributed by atoms with E-state index in [1.165, 1.54) is 4.31 Å². The summed E-state index contributed by atoms with van der Waals surface area (Å²) >= 11 is 0. The van der Waals surface area contributed by atoms with Crippen LogP contribution in [0.1, 0.15) is 34.1 Å². The molecular formula is C11H23NO4S. The van der Waals surface area contributed by atoms with E-state index in [4.69, 9.17) is 4.74 Å². The van der Waals surface area contributed by atoms with Crippen LogP contribution < -0.4 is 0 Å². The molecule has 0 aromatic heterocycles. The summed E-state index contributed by atoms with van der Waals surface area (Å²) in [5.74, 6) is -0.247. The van der Waals surface area contributed by atoms with Crippen LogP contribution in [-0.2, 0) is 19.6 Å². The summed E-state index contributed by atoms with van der Waals surface area (Å²) in [5, 5.41) is 0. The van der Waals surface area contributed by atoms with Crippen molar-refractivity contribution in [2.75, 3.05) is 25.4 Å². The standard InChI is InChI=1S/C11H23NO4S/c1-5-7-17(14,15)12(8-10(3)4)9-11(13)16-6-2/h10H,5-9H2,1-4H3. The van der Waals surface area contributed by atoms with Crippen molar-refractivity contribution >= 4 is 16.0 Å². The van der Waals surface area contributed by atoms with Crippen LogP contribution in [0.3, 0.4) is 0 Å². The van der Waals surface area contributed by atoms with Crippen LogP contribution >= 0.6 is 0 Å². The van der Waals surface area contributed by atoms with E-state index >= 15 is 0 Å². The molecular weight excluding hydrogens is 242 g/mol. The molecule has 0 saturated carbocycles. The summed E-state index contributed by atoms with van der Waals surface area (Å²) in [6.07, 6.45) is 0.541. The molecule has 0 N–H and O–H groups in total. The lowest BCUT2D eigenvalue weighted by molar-refractivity contribution is -0.143. The zero-order valence-electron chi connectivity index (χ0n) is 11.1.